The van der Waals surface area contributed by atoms with Crippen molar-refractivity contribution in [1.29, 1.82) is 0 Å². The van der Waals surface area contributed by atoms with Crippen molar-refractivity contribution in [1.82, 2.24) is 9.88 Å². The number of benzene rings is 1. The van der Waals surface area contributed by atoms with Crippen LogP contribution in [0.2, 0.25) is 10.0 Å². The van der Waals surface area contributed by atoms with Gasteiger partial charge in [-0.15, -0.1) is 0 Å². The Balaban J connectivity index is 1.37. The number of hydrogen-bond acceptors (Lipinski definition) is 7. The third-order valence-electron chi connectivity index (χ3n) is 6.39. The number of halogens is 5. The van der Waals surface area contributed by atoms with E-state index >= 15 is 0 Å². The summed E-state index contributed by atoms with van der Waals surface area (Å²) in [7, 11) is -3.46. The second kappa shape index (κ2) is 8.30. The van der Waals surface area contributed by atoms with Crippen LogP contribution in [0.25, 0.3) is 0 Å². The van der Waals surface area contributed by atoms with Gasteiger partial charge in [0.15, 0.2) is 9.84 Å². The highest BCUT2D eigenvalue weighted by atomic mass is 35.5. The van der Waals surface area contributed by atoms with Crippen molar-refractivity contribution in [2.45, 2.75) is 30.4 Å². The van der Waals surface area contributed by atoms with Crippen LogP contribution in [-0.2, 0) is 42.0 Å². The monoisotopic (exact) mass is 563 g/mol. The van der Waals surface area contributed by atoms with Crippen molar-refractivity contribution in [3.63, 3.8) is 0 Å². The number of sulfone groups is 1. The standard InChI is InChI=1S/C22H18Cl2F3N3O5S/c1-36(32,33)9-19(31)30-10-20(11-30)15-2-3-16(28-18(15)8-34-20)17-7-21(35-29-17,22(25,26)27)12-4-13(23)6-14(24)5-12/h2-6H,7-11H2,1H3. The molecule has 1 aromatic heterocycles. The second-order valence-corrected chi connectivity index (χ2v) is 12.1. The fourth-order valence-corrected chi connectivity index (χ4v) is 5.78. The number of carbonyl (C=O) groups is 1. The minimum absolute atomic E-state index is 0.00857. The first-order chi connectivity index (χ1) is 16.7. The molecule has 1 aromatic carbocycles. The van der Waals surface area contributed by atoms with Crippen LogP contribution in [0.1, 0.15) is 28.9 Å². The van der Waals surface area contributed by atoms with Crippen LogP contribution >= 0.6 is 23.2 Å². The number of ether oxygens (including phenoxy) is 1. The molecular weight excluding hydrogens is 546 g/mol. The molecular formula is C22H18Cl2F3N3O5S. The number of carbonyl (C=O) groups excluding carboxylic acids is 1. The van der Waals surface area contributed by atoms with Crippen LogP contribution < -0.4 is 0 Å². The molecule has 192 valence electrons. The molecule has 14 heteroatoms. The number of oxime groups is 1. The van der Waals surface area contributed by atoms with Crippen LogP contribution in [-0.4, -0.2) is 61.2 Å². The van der Waals surface area contributed by atoms with E-state index in [0.717, 1.165) is 18.4 Å². The van der Waals surface area contributed by atoms with E-state index in [1.165, 1.54) is 17.0 Å². The van der Waals surface area contributed by atoms with Gasteiger partial charge in [-0.3, -0.25) is 4.79 Å². The van der Waals surface area contributed by atoms with Gasteiger partial charge >= 0.3 is 6.18 Å². The Kier molecular flexibility index (Phi) is 5.82. The van der Waals surface area contributed by atoms with Gasteiger partial charge in [-0.05, 0) is 24.3 Å². The predicted octanol–water partition coefficient (Wildman–Crippen LogP) is 3.58. The molecule has 3 aliphatic heterocycles. The second-order valence-electron chi connectivity index (χ2n) is 9.08. The molecule has 0 saturated carbocycles. The van der Waals surface area contributed by atoms with Crippen molar-refractivity contribution in [2.24, 2.45) is 5.16 Å². The maximum Gasteiger partial charge on any atom is 0.435 e. The molecule has 0 N–H and O–H groups in total. The number of alkyl halides is 3. The van der Waals surface area contributed by atoms with Gasteiger partial charge in [0.25, 0.3) is 5.60 Å². The van der Waals surface area contributed by atoms with Gasteiger partial charge < -0.3 is 14.5 Å². The largest absolute Gasteiger partial charge is 0.435 e. The molecule has 1 amide bonds. The molecule has 2 aromatic rings. The highest BCUT2D eigenvalue weighted by Gasteiger charge is 2.62. The summed E-state index contributed by atoms with van der Waals surface area (Å²) in [5.74, 6) is -1.11. The zero-order valence-electron chi connectivity index (χ0n) is 18.6. The highest BCUT2D eigenvalue weighted by molar-refractivity contribution is 7.91. The van der Waals surface area contributed by atoms with Crippen LogP contribution in [0, 0.1) is 0 Å². The fraction of sp³-hybridized carbons (Fsp3) is 0.409. The maximum absolute atomic E-state index is 14.2. The normalized spacial score (nSPS) is 22.7. The summed E-state index contributed by atoms with van der Waals surface area (Å²) < 4.78 is 71.4. The van der Waals surface area contributed by atoms with Gasteiger partial charge in [-0.1, -0.05) is 34.4 Å². The van der Waals surface area contributed by atoms with Crippen molar-refractivity contribution in [3.8, 4) is 0 Å². The van der Waals surface area contributed by atoms with E-state index in [2.05, 4.69) is 10.1 Å². The molecule has 0 bridgehead atoms. The van der Waals surface area contributed by atoms with Crippen LogP contribution in [0.5, 0.6) is 0 Å². The first-order valence-electron chi connectivity index (χ1n) is 10.6. The molecule has 3 aliphatic rings. The van der Waals surface area contributed by atoms with Gasteiger partial charge in [0.1, 0.15) is 17.1 Å². The topological polar surface area (TPSA) is 98.2 Å². The average molecular weight is 564 g/mol. The Hall–Kier alpha value is -2.41. The number of rotatable bonds is 4. The summed E-state index contributed by atoms with van der Waals surface area (Å²) in [5, 5.41) is 3.78. The van der Waals surface area contributed by atoms with Crippen molar-refractivity contribution in [3.05, 3.63) is 62.9 Å². The van der Waals surface area contributed by atoms with Crippen LogP contribution in [0.3, 0.4) is 0 Å². The van der Waals surface area contributed by atoms with E-state index < -0.39 is 45.3 Å². The molecule has 1 saturated heterocycles. The predicted molar refractivity (Wildman–Crippen MR) is 123 cm³/mol. The SMILES string of the molecule is CS(=O)(=O)CC(=O)N1CC2(C1)OCc1nc(C3=NOC(c4cc(Cl)cc(Cl)c4)(C(F)(F)F)C3)ccc12. The van der Waals surface area contributed by atoms with E-state index in [4.69, 9.17) is 32.8 Å². The summed E-state index contributed by atoms with van der Waals surface area (Å²) in [5.41, 5.74) is -2.50. The fourth-order valence-electron chi connectivity index (χ4n) is 4.62. The highest BCUT2D eigenvalue weighted by Crippen LogP contribution is 2.50. The molecule has 0 aliphatic carbocycles. The lowest BCUT2D eigenvalue weighted by Gasteiger charge is -2.47. The van der Waals surface area contributed by atoms with Crippen molar-refractivity contribution in [2.75, 3.05) is 25.1 Å². The first-order valence-corrected chi connectivity index (χ1v) is 13.4. The summed E-state index contributed by atoms with van der Waals surface area (Å²) in [6.07, 6.45) is -4.49. The molecule has 8 nitrogen and oxygen atoms in total. The minimum atomic E-state index is -4.83. The number of likely N-dealkylation sites (tertiary alicyclic amines) is 1. The summed E-state index contributed by atoms with van der Waals surface area (Å²) in [4.78, 5) is 23.0. The van der Waals surface area contributed by atoms with Crippen molar-refractivity contribution < 1.29 is 36.0 Å². The first kappa shape index (κ1) is 25.2. The third kappa shape index (κ3) is 4.23. The number of hydrogen-bond donors (Lipinski definition) is 0. The maximum atomic E-state index is 14.2. The van der Waals surface area contributed by atoms with Crippen molar-refractivity contribution >= 4 is 44.7 Å². The lowest BCUT2D eigenvalue weighted by Crippen LogP contribution is -2.62. The Bertz CT molecular complexity index is 1390. The van der Waals surface area contributed by atoms with Gasteiger partial charge in [0.05, 0.1) is 37.5 Å². The Morgan fingerprint density at radius 1 is 1.17 bits per heavy atom. The number of fused-ring (bicyclic) bond motifs is 2. The van der Waals surface area contributed by atoms with Crippen LogP contribution in [0.15, 0.2) is 35.5 Å². The lowest BCUT2D eigenvalue weighted by atomic mass is 9.85. The molecule has 5 rings (SSSR count). The number of amides is 1. The minimum Gasteiger partial charge on any atom is -0.374 e. The summed E-state index contributed by atoms with van der Waals surface area (Å²) >= 11 is 11.9. The van der Waals surface area contributed by atoms with E-state index in [0.29, 0.717) is 11.3 Å². The average Bonchev–Trinajstić information content (AvgIpc) is 3.33. The molecule has 1 spiro atoms. The van der Waals surface area contributed by atoms with Crippen LogP contribution in [0.4, 0.5) is 13.2 Å². The van der Waals surface area contributed by atoms with E-state index in [1.54, 1.807) is 6.07 Å². The zero-order valence-corrected chi connectivity index (χ0v) is 20.9. The van der Waals surface area contributed by atoms with E-state index in [-0.39, 0.29) is 46.7 Å². The van der Waals surface area contributed by atoms with Gasteiger partial charge in [0, 0.05) is 27.4 Å². The molecule has 0 radical (unpaired) electrons. The molecule has 1 atom stereocenters. The Morgan fingerprint density at radius 2 is 1.83 bits per heavy atom. The number of aromatic nitrogens is 1. The third-order valence-corrected chi connectivity index (χ3v) is 7.60. The number of nitrogens with zero attached hydrogens (tertiary/aromatic N) is 3. The molecule has 1 fully saturated rings. The van der Waals surface area contributed by atoms with Gasteiger partial charge in [-0.2, -0.15) is 13.2 Å². The summed E-state index contributed by atoms with van der Waals surface area (Å²) in [6, 6.07) is 6.80. The molecule has 4 heterocycles. The quantitative estimate of drug-likeness (QED) is 0.564. The lowest BCUT2D eigenvalue weighted by molar-refractivity contribution is -0.275. The molecule has 36 heavy (non-hydrogen) atoms. The van der Waals surface area contributed by atoms with Gasteiger partial charge in [0.2, 0.25) is 5.91 Å². The Morgan fingerprint density at radius 3 is 2.44 bits per heavy atom. The molecule has 1 unspecified atom stereocenters. The zero-order chi connectivity index (χ0) is 26.1. The Labute approximate surface area is 213 Å². The summed E-state index contributed by atoms with van der Waals surface area (Å²) in [6.45, 7) is 0.401. The van der Waals surface area contributed by atoms with Gasteiger partial charge in [-0.25, -0.2) is 13.4 Å². The van der Waals surface area contributed by atoms with E-state index in [9.17, 15) is 26.4 Å². The van der Waals surface area contributed by atoms with E-state index in [1.807, 2.05) is 0 Å². The smallest absolute Gasteiger partial charge is 0.374 e. The number of pyridine rings is 1.